The number of aromatic nitrogens is 1. The number of pyridine rings is 1. The average Bonchev–Trinajstić information content (AvgIpc) is 3.36. The predicted octanol–water partition coefficient (Wildman–Crippen LogP) is 5.43. The molecular formula is C26H32FN3O3S2. The van der Waals surface area contributed by atoms with Crippen molar-refractivity contribution in [2.75, 3.05) is 32.5 Å². The highest BCUT2D eigenvalue weighted by Crippen LogP contribution is 2.35. The Morgan fingerprint density at radius 3 is 3.00 bits per heavy atom. The lowest BCUT2D eigenvalue weighted by molar-refractivity contribution is -0.139. The molecule has 3 aromatic rings. The number of carboxylic acids is 1. The maximum absolute atomic E-state index is 14.8. The molecule has 3 N–H and O–H groups in total. The van der Waals surface area contributed by atoms with E-state index < -0.39 is 17.8 Å². The van der Waals surface area contributed by atoms with Gasteiger partial charge in [-0.1, -0.05) is 6.07 Å². The van der Waals surface area contributed by atoms with Crippen LogP contribution in [0.2, 0.25) is 0 Å². The van der Waals surface area contributed by atoms with Gasteiger partial charge in [-0.05, 0) is 67.3 Å². The second kappa shape index (κ2) is 12.2. The van der Waals surface area contributed by atoms with Gasteiger partial charge in [-0.15, -0.1) is 23.1 Å². The molecule has 0 saturated carbocycles. The summed E-state index contributed by atoms with van der Waals surface area (Å²) in [4.78, 5) is 18.2. The second-order valence-corrected chi connectivity index (χ2v) is 11.4. The molecule has 4 rings (SSSR count). The monoisotopic (exact) mass is 517 g/mol. The summed E-state index contributed by atoms with van der Waals surface area (Å²) in [6.07, 6.45) is 3.66. The van der Waals surface area contributed by atoms with E-state index in [9.17, 15) is 14.3 Å². The van der Waals surface area contributed by atoms with Crippen LogP contribution in [0.25, 0.3) is 10.9 Å². The van der Waals surface area contributed by atoms with Gasteiger partial charge in [0.15, 0.2) is 0 Å². The minimum absolute atomic E-state index is 0.0688. The SMILES string of the molecule is COc1ccc2ncc(F)c(C(N)CCC3CCN(CCSc4cccs4)CC3CC(=O)O)c2c1. The summed E-state index contributed by atoms with van der Waals surface area (Å²) < 4.78 is 21.4. The van der Waals surface area contributed by atoms with Crippen molar-refractivity contribution < 1.29 is 19.0 Å². The highest BCUT2D eigenvalue weighted by atomic mass is 32.2. The first kappa shape index (κ1) is 25.9. The number of hydrogen-bond acceptors (Lipinski definition) is 7. The number of rotatable bonds is 11. The van der Waals surface area contributed by atoms with Crippen LogP contribution in [-0.2, 0) is 4.79 Å². The van der Waals surface area contributed by atoms with Crippen molar-refractivity contribution in [2.24, 2.45) is 17.6 Å². The molecule has 1 saturated heterocycles. The molecule has 188 valence electrons. The van der Waals surface area contributed by atoms with Crippen molar-refractivity contribution in [3.63, 3.8) is 0 Å². The Bertz CT molecular complexity index is 1130. The molecule has 0 aliphatic carbocycles. The number of benzene rings is 1. The molecule has 2 aromatic heterocycles. The molecule has 6 nitrogen and oxygen atoms in total. The fourth-order valence-electron chi connectivity index (χ4n) is 5.03. The number of halogens is 1. The lowest BCUT2D eigenvalue weighted by Gasteiger charge is -2.38. The first-order chi connectivity index (χ1) is 16.9. The number of carboxylic acid groups (broad SMARTS) is 1. The fourth-order valence-corrected chi connectivity index (χ4v) is 6.89. The highest BCUT2D eigenvalue weighted by Gasteiger charge is 2.31. The maximum Gasteiger partial charge on any atom is 0.303 e. The van der Waals surface area contributed by atoms with E-state index >= 15 is 0 Å². The normalized spacial score (nSPS) is 19.6. The van der Waals surface area contributed by atoms with Gasteiger partial charge < -0.3 is 20.5 Å². The van der Waals surface area contributed by atoms with Crippen LogP contribution in [-0.4, -0.2) is 53.5 Å². The number of fused-ring (bicyclic) bond motifs is 1. The zero-order valence-corrected chi connectivity index (χ0v) is 21.5. The largest absolute Gasteiger partial charge is 0.497 e. The summed E-state index contributed by atoms with van der Waals surface area (Å²) in [6, 6.07) is 9.07. The summed E-state index contributed by atoms with van der Waals surface area (Å²) in [5.74, 6) is 0.761. The van der Waals surface area contributed by atoms with Gasteiger partial charge in [-0.25, -0.2) is 4.39 Å². The third-order valence-electron chi connectivity index (χ3n) is 6.85. The summed E-state index contributed by atoms with van der Waals surface area (Å²) in [5, 5.41) is 12.3. The number of thioether (sulfide) groups is 1. The molecule has 0 amide bonds. The fraction of sp³-hybridized carbons (Fsp3) is 0.462. The van der Waals surface area contributed by atoms with Crippen molar-refractivity contribution >= 4 is 40.0 Å². The predicted molar refractivity (Wildman–Crippen MR) is 140 cm³/mol. The van der Waals surface area contributed by atoms with E-state index in [1.54, 1.807) is 36.6 Å². The van der Waals surface area contributed by atoms with Crippen LogP contribution in [0.4, 0.5) is 4.39 Å². The van der Waals surface area contributed by atoms with Gasteiger partial charge in [0, 0.05) is 42.3 Å². The van der Waals surface area contributed by atoms with E-state index in [2.05, 4.69) is 27.4 Å². The van der Waals surface area contributed by atoms with Gasteiger partial charge in [0.25, 0.3) is 0 Å². The maximum atomic E-state index is 14.8. The van der Waals surface area contributed by atoms with Gasteiger partial charge >= 0.3 is 5.97 Å². The van der Waals surface area contributed by atoms with Crippen molar-refractivity contribution in [1.82, 2.24) is 9.88 Å². The molecule has 0 spiro atoms. The van der Waals surface area contributed by atoms with Crippen molar-refractivity contribution in [3.8, 4) is 5.75 Å². The summed E-state index contributed by atoms with van der Waals surface area (Å²) in [6.45, 7) is 2.67. The molecule has 1 fully saturated rings. The summed E-state index contributed by atoms with van der Waals surface area (Å²) in [7, 11) is 1.57. The van der Waals surface area contributed by atoms with E-state index in [-0.39, 0.29) is 18.3 Å². The van der Waals surface area contributed by atoms with E-state index in [1.165, 1.54) is 10.4 Å². The minimum atomic E-state index is -0.766. The topological polar surface area (TPSA) is 88.7 Å². The molecule has 3 heterocycles. The lowest BCUT2D eigenvalue weighted by Crippen LogP contribution is -2.42. The number of thiophene rings is 1. The van der Waals surface area contributed by atoms with Crippen molar-refractivity contribution in [3.05, 3.63) is 53.3 Å². The average molecular weight is 518 g/mol. The van der Waals surface area contributed by atoms with Crippen LogP contribution in [0.5, 0.6) is 5.75 Å². The van der Waals surface area contributed by atoms with Gasteiger partial charge in [0.2, 0.25) is 0 Å². The molecule has 1 aromatic carbocycles. The molecule has 35 heavy (non-hydrogen) atoms. The van der Waals surface area contributed by atoms with Crippen LogP contribution >= 0.6 is 23.1 Å². The van der Waals surface area contributed by atoms with E-state index in [1.807, 2.05) is 11.8 Å². The molecule has 1 aliphatic heterocycles. The number of nitrogens with zero attached hydrogens (tertiary/aromatic N) is 2. The van der Waals surface area contributed by atoms with Crippen LogP contribution in [0.1, 0.15) is 37.3 Å². The lowest BCUT2D eigenvalue weighted by atomic mass is 9.79. The summed E-state index contributed by atoms with van der Waals surface area (Å²) >= 11 is 3.59. The zero-order chi connectivity index (χ0) is 24.8. The molecular weight excluding hydrogens is 485 g/mol. The molecule has 0 bridgehead atoms. The zero-order valence-electron chi connectivity index (χ0n) is 19.9. The van der Waals surface area contributed by atoms with Crippen LogP contribution in [0.3, 0.4) is 0 Å². The number of ether oxygens (including phenoxy) is 1. The standard InChI is InChI=1S/C26H32FN3O3S2/c1-33-19-5-7-23-20(14-19)26(21(27)15-29-23)22(28)6-4-17-8-9-30(16-18(17)13-24(31)32)10-12-35-25-3-2-11-34-25/h2-3,5,7,11,14-15,17-18,22H,4,6,8-10,12-13,16,28H2,1H3,(H,31,32). The molecule has 1 aliphatic rings. The van der Waals surface area contributed by atoms with E-state index in [0.29, 0.717) is 28.6 Å². The third-order valence-corrected chi connectivity index (χ3v) is 8.96. The molecule has 9 heteroatoms. The first-order valence-corrected chi connectivity index (χ1v) is 13.8. The van der Waals surface area contributed by atoms with Crippen molar-refractivity contribution in [2.45, 2.75) is 35.9 Å². The number of methoxy groups -OCH3 is 1. The first-order valence-electron chi connectivity index (χ1n) is 11.9. The van der Waals surface area contributed by atoms with Crippen LogP contribution < -0.4 is 10.5 Å². The van der Waals surface area contributed by atoms with Gasteiger partial charge in [-0.2, -0.15) is 0 Å². The Kier molecular flexibility index (Phi) is 8.99. The molecule has 3 atom stereocenters. The smallest absolute Gasteiger partial charge is 0.303 e. The minimum Gasteiger partial charge on any atom is -0.497 e. The number of piperidine rings is 1. The second-order valence-electron chi connectivity index (χ2n) is 9.07. The van der Waals surface area contributed by atoms with Crippen molar-refractivity contribution in [1.29, 1.82) is 0 Å². The Morgan fingerprint density at radius 2 is 2.26 bits per heavy atom. The number of nitrogens with two attached hydrogens (primary N) is 1. The summed E-state index contributed by atoms with van der Waals surface area (Å²) in [5.41, 5.74) is 7.65. The quantitative estimate of drug-likeness (QED) is 0.328. The number of hydrogen-bond donors (Lipinski definition) is 2. The Morgan fingerprint density at radius 1 is 1.40 bits per heavy atom. The highest BCUT2D eigenvalue weighted by molar-refractivity contribution is 8.01. The number of aliphatic carboxylic acids is 1. The Balaban J connectivity index is 1.39. The molecule has 3 unspecified atom stereocenters. The van der Waals surface area contributed by atoms with E-state index in [0.717, 1.165) is 38.2 Å². The van der Waals surface area contributed by atoms with Gasteiger partial charge in [0.1, 0.15) is 11.6 Å². The third kappa shape index (κ3) is 6.73. The van der Waals surface area contributed by atoms with Crippen LogP contribution in [0.15, 0.2) is 46.1 Å². The van der Waals surface area contributed by atoms with Gasteiger partial charge in [-0.3, -0.25) is 9.78 Å². The Labute approximate surface area is 213 Å². The van der Waals surface area contributed by atoms with Gasteiger partial charge in [0.05, 0.1) is 23.0 Å². The van der Waals surface area contributed by atoms with E-state index in [4.69, 9.17) is 10.5 Å². The van der Waals surface area contributed by atoms with Crippen LogP contribution in [0, 0.1) is 17.7 Å². The number of likely N-dealkylation sites (tertiary alicyclic amines) is 1. The Hall–Kier alpha value is -2.20. The molecule has 0 radical (unpaired) electrons. The number of carbonyl (C=O) groups is 1.